The van der Waals surface area contributed by atoms with Crippen LogP contribution in [0.3, 0.4) is 0 Å². The Morgan fingerprint density at radius 3 is 2.65 bits per heavy atom. The van der Waals surface area contributed by atoms with Crippen LogP contribution in [0, 0.1) is 12.7 Å². The highest BCUT2D eigenvalue weighted by Crippen LogP contribution is 2.16. The highest BCUT2D eigenvalue weighted by Gasteiger charge is 2.06. The highest BCUT2D eigenvalue weighted by atomic mass is 19.1. The van der Waals surface area contributed by atoms with Crippen LogP contribution in [-0.4, -0.2) is 11.1 Å². The molecule has 1 atom stereocenters. The van der Waals surface area contributed by atoms with Gasteiger partial charge in [0.1, 0.15) is 0 Å². The summed E-state index contributed by atoms with van der Waals surface area (Å²) in [6.07, 6.45) is 0.938. The fraction of sp³-hybridized carbons (Fsp3) is 0.294. The summed E-state index contributed by atoms with van der Waals surface area (Å²) in [7, 11) is 0. The van der Waals surface area contributed by atoms with Crippen LogP contribution in [0.25, 0.3) is 0 Å². The van der Waals surface area contributed by atoms with Crippen molar-refractivity contribution in [1.29, 1.82) is 0 Å². The van der Waals surface area contributed by atoms with E-state index in [1.807, 2.05) is 12.1 Å². The SMILES string of the molecule is Cc1ccccc1CC(C)NCc1ccc(O)c(F)c1. The van der Waals surface area contributed by atoms with Gasteiger partial charge in [0.25, 0.3) is 0 Å². The van der Waals surface area contributed by atoms with E-state index in [0.29, 0.717) is 12.6 Å². The maximum atomic E-state index is 13.2. The minimum absolute atomic E-state index is 0.299. The second-order valence-corrected chi connectivity index (χ2v) is 5.20. The van der Waals surface area contributed by atoms with Gasteiger partial charge in [0.05, 0.1) is 0 Å². The van der Waals surface area contributed by atoms with Gasteiger partial charge in [0, 0.05) is 12.6 Å². The first-order valence-electron chi connectivity index (χ1n) is 6.81. The summed E-state index contributed by atoms with van der Waals surface area (Å²) in [6.45, 7) is 4.81. The molecule has 0 aliphatic rings. The van der Waals surface area contributed by atoms with E-state index in [1.165, 1.54) is 23.3 Å². The largest absolute Gasteiger partial charge is 0.505 e. The predicted octanol–water partition coefficient (Wildman–Crippen LogP) is 3.56. The van der Waals surface area contributed by atoms with Crippen LogP contribution in [0.2, 0.25) is 0 Å². The minimum Gasteiger partial charge on any atom is -0.505 e. The molecule has 2 nitrogen and oxygen atoms in total. The number of aromatic hydroxyl groups is 1. The van der Waals surface area contributed by atoms with E-state index in [0.717, 1.165) is 12.0 Å². The van der Waals surface area contributed by atoms with Crippen molar-refractivity contribution in [1.82, 2.24) is 5.32 Å². The van der Waals surface area contributed by atoms with E-state index in [1.54, 1.807) is 6.07 Å². The fourth-order valence-electron chi connectivity index (χ4n) is 2.19. The third kappa shape index (κ3) is 3.81. The summed E-state index contributed by atoms with van der Waals surface area (Å²) >= 11 is 0. The lowest BCUT2D eigenvalue weighted by atomic mass is 10.0. The van der Waals surface area contributed by atoms with E-state index in [9.17, 15) is 4.39 Å². The molecule has 0 saturated heterocycles. The van der Waals surface area contributed by atoms with Gasteiger partial charge in [0.15, 0.2) is 11.6 Å². The molecule has 0 fully saturated rings. The minimum atomic E-state index is -0.573. The monoisotopic (exact) mass is 273 g/mol. The maximum absolute atomic E-state index is 13.2. The zero-order valence-corrected chi connectivity index (χ0v) is 11.9. The molecule has 20 heavy (non-hydrogen) atoms. The predicted molar refractivity (Wildman–Crippen MR) is 79.2 cm³/mol. The third-order valence-corrected chi connectivity index (χ3v) is 3.45. The molecule has 2 rings (SSSR count). The first kappa shape index (κ1) is 14.5. The summed E-state index contributed by atoms with van der Waals surface area (Å²) < 4.78 is 13.2. The number of rotatable bonds is 5. The van der Waals surface area contributed by atoms with Crippen LogP contribution in [0.1, 0.15) is 23.6 Å². The van der Waals surface area contributed by atoms with Crippen LogP contribution < -0.4 is 5.32 Å². The lowest BCUT2D eigenvalue weighted by Crippen LogP contribution is -2.27. The molecule has 0 aromatic heterocycles. The molecule has 0 radical (unpaired) electrons. The van der Waals surface area contributed by atoms with E-state index in [-0.39, 0.29) is 5.75 Å². The van der Waals surface area contributed by atoms with Gasteiger partial charge in [0.2, 0.25) is 0 Å². The van der Waals surface area contributed by atoms with Crippen molar-refractivity contribution < 1.29 is 9.50 Å². The number of hydrogen-bond acceptors (Lipinski definition) is 2. The van der Waals surface area contributed by atoms with Gasteiger partial charge in [-0.25, -0.2) is 4.39 Å². The summed E-state index contributed by atoms with van der Waals surface area (Å²) in [5.74, 6) is -0.877. The number of halogens is 1. The van der Waals surface area contributed by atoms with Crippen molar-refractivity contribution in [2.24, 2.45) is 0 Å². The molecule has 2 aromatic carbocycles. The second-order valence-electron chi connectivity index (χ2n) is 5.20. The fourth-order valence-corrected chi connectivity index (χ4v) is 2.19. The van der Waals surface area contributed by atoms with E-state index in [4.69, 9.17) is 5.11 Å². The first-order valence-corrected chi connectivity index (χ1v) is 6.81. The van der Waals surface area contributed by atoms with Crippen LogP contribution in [0.5, 0.6) is 5.75 Å². The van der Waals surface area contributed by atoms with Crippen molar-refractivity contribution >= 4 is 0 Å². The Kier molecular flexibility index (Phi) is 4.74. The molecular weight excluding hydrogens is 253 g/mol. The second kappa shape index (κ2) is 6.53. The zero-order chi connectivity index (χ0) is 14.5. The first-order chi connectivity index (χ1) is 9.56. The van der Waals surface area contributed by atoms with Gasteiger partial charge < -0.3 is 10.4 Å². The van der Waals surface area contributed by atoms with Crippen molar-refractivity contribution in [2.75, 3.05) is 0 Å². The van der Waals surface area contributed by atoms with Gasteiger partial charge in [-0.3, -0.25) is 0 Å². The Morgan fingerprint density at radius 2 is 1.95 bits per heavy atom. The topological polar surface area (TPSA) is 32.3 Å². The molecule has 0 bridgehead atoms. The van der Waals surface area contributed by atoms with Gasteiger partial charge in [-0.05, 0) is 49.1 Å². The molecular formula is C17H20FNO. The van der Waals surface area contributed by atoms with Crippen molar-refractivity contribution in [3.8, 4) is 5.75 Å². The molecule has 3 heteroatoms. The average Bonchev–Trinajstić information content (AvgIpc) is 2.43. The lowest BCUT2D eigenvalue weighted by Gasteiger charge is -2.15. The molecule has 0 aliphatic heterocycles. The van der Waals surface area contributed by atoms with Crippen LogP contribution >= 0.6 is 0 Å². The van der Waals surface area contributed by atoms with E-state index < -0.39 is 5.82 Å². The number of phenolic OH excluding ortho intramolecular Hbond substituents is 1. The summed E-state index contributed by atoms with van der Waals surface area (Å²) in [5, 5.41) is 12.5. The molecule has 0 amide bonds. The summed E-state index contributed by atoms with van der Waals surface area (Å²) in [4.78, 5) is 0. The normalized spacial score (nSPS) is 12.3. The summed E-state index contributed by atoms with van der Waals surface area (Å²) in [6, 6.07) is 13.1. The Labute approximate surface area is 119 Å². The molecule has 0 aliphatic carbocycles. The molecule has 0 spiro atoms. The molecule has 0 heterocycles. The van der Waals surface area contributed by atoms with Gasteiger partial charge in [-0.1, -0.05) is 30.3 Å². The Balaban J connectivity index is 1.90. The summed E-state index contributed by atoms with van der Waals surface area (Å²) in [5.41, 5.74) is 3.44. The molecule has 106 valence electrons. The molecule has 2 N–H and O–H groups in total. The van der Waals surface area contributed by atoms with Gasteiger partial charge in [-0.2, -0.15) is 0 Å². The Bertz CT molecular complexity index is 583. The van der Waals surface area contributed by atoms with Crippen molar-refractivity contribution in [3.63, 3.8) is 0 Å². The Hall–Kier alpha value is -1.87. The molecule has 2 aromatic rings. The van der Waals surface area contributed by atoms with Gasteiger partial charge >= 0.3 is 0 Å². The standard InChI is InChI=1S/C17H20FNO/c1-12-5-3-4-6-15(12)9-13(2)19-11-14-7-8-17(20)16(18)10-14/h3-8,10,13,19-20H,9,11H2,1-2H3. The maximum Gasteiger partial charge on any atom is 0.165 e. The van der Waals surface area contributed by atoms with Crippen LogP contribution in [-0.2, 0) is 13.0 Å². The third-order valence-electron chi connectivity index (χ3n) is 3.45. The van der Waals surface area contributed by atoms with E-state index >= 15 is 0 Å². The Morgan fingerprint density at radius 1 is 1.20 bits per heavy atom. The van der Waals surface area contributed by atoms with Crippen molar-refractivity contribution in [2.45, 2.75) is 32.9 Å². The van der Waals surface area contributed by atoms with Gasteiger partial charge in [-0.15, -0.1) is 0 Å². The smallest absolute Gasteiger partial charge is 0.165 e. The van der Waals surface area contributed by atoms with E-state index in [2.05, 4.69) is 31.3 Å². The number of benzene rings is 2. The van der Waals surface area contributed by atoms with Crippen LogP contribution in [0.4, 0.5) is 4.39 Å². The lowest BCUT2D eigenvalue weighted by molar-refractivity contribution is 0.431. The highest BCUT2D eigenvalue weighted by molar-refractivity contribution is 5.28. The van der Waals surface area contributed by atoms with Crippen molar-refractivity contribution in [3.05, 3.63) is 65.0 Å². The number of hydrogen-bond donors (Lipinski definition) is 2. The average molecular weight is 273 g/mol. The number of aryl methyl sites for hydroxylation is 1. The van der Waals surface area contributed by atoms with Crippen LogP contribution in [0.15, 0.2) is 42.5 Å². The number of nitrogens with one attached hydrogen (secondary N) is 1. The molecule has 1 unspecified atom stereocenters. The number of phenols is 1. The molecule has 0 saturated carbocycles. The quantitative estimate of drug-likeness (QED) is 0.873. The zero-order valence-electron chi connectivity index (χ0n) is 11.9.